The van der Waals surface area contributed by atoms with E-state index in [-0.39, 0.29) is 0 Å². The van der Waals surface area contributed by atoms with Crippen LogP contribution in [0.25, 0.3) is 0 Å². The van der Waals surface area contributed by atoms with Gasteiger partial charge >= 0.3 is 0 Å². The average Bonchev–Trinajstić information content (AvgIpc) is 2.92. The Morgan fingerprint density at radius 3 is 0.804 bits per heavy atom. The third-order valence-corrected chi connectivity index (χ3v) is 10.4. The zero-order valence-electron chi connectivity index (χ0n) is 34.0. The van der Waals surface area contributed by atoms with Crippen LogP contribution >= 0.6 is 0 Å². The minimum Gasteiger partial charge on any atom is -0.300 e. The Hall–Kier alpha value is -0.660. The van der Waals surface area contributed by atoms with Gasteiger partial charge in [0.05, 0.1) is 0 Å². The van der Waals surface area contributed by atoms with E-state index in [0.29, 0.717) is 17.5 Å². The molecule has 0 aliphatic rings. The molecule has 46 heavy (non-hydrogen) atoms. The standard InChI is InChI=1S/C23H46O.C21H42O/c1-19(2)11-7-12-20(3)13-8-14-21(4)15-9-16-22(5)17-10-18-23(6)24;1-17(2)10-7-11-18(3)12-8-13-19(4)14-9-15-20(5)16-21(6)22/h19-22H,7-18H2,1-6H3;17-20H,7-16H2,1-6H3/t20-,21-,22-;18-,19-,20-/m11/s1. The van der Waals surface area contributed by atoms with Crippen molar-refractivity contribution in [3.63, 3.8) is 0 Å². The minimum absolute atomic E-state index is 0.340. The zero-order valence-corrected chi connectivity index (χ0v) is 34.0. The molecule has 0 aromatic rings. The van der Waals surface area contributed by atoms with Crippen molar-refractivity contribution >= 4 is 11.6 Å². The number of ketones is 2. The van der Waals surface area contributed by atoms with Crippen LogP contribution < -0.4 is 0 Å². The Kier molecular flexibility index (Phi) is 32.6. The summed E-state index contributed by atoms with van der Waals surface area (Å²) in [5.41, 5.74) is 0. The van der Waals surface area contributed by atoms with E-state index in [9.17, 15) is 9.59 Å². The van der Waals surface area contributed by atoms with Crippen LogP contribution in [0, 0.1) is 47.3 Å². The van der Waals surface area contributed by atoms with Gasteiger partial charge in [0.15, 0.2) is 0 Å². The highest BCUT2D eigenvalue weighted by molar-refractivity contribution is 5.75. The van der Waals surface area contributed by atoms with E-state index >= 15 is 0 Å². The first kappa shape index (κ1) is 47.5. The molecule has 0 N–H and O–H groups in total. The van der Waals surface area contributed by atoms with Crippen molar-refractivity contribution in [3.05, 3.63) is 0 Å². The second-order valence-corrected chi connectivity index (χ2v) is 17.5. The lowest BCUT2D eigenvalue weighted by Crippen LogP contribution is -2.03. The van der Waals surface area contributed by atoms with Gasteiger partial charge in [0.25, 0.3) is 0 Å². The molecule has 0 aromatic carbocycles. The van der Waals surface area contributed by atoms with Crippen LogP contribution in [0.3, 0.4) is 0 Å². The van der Waals surface area contributed by atoms with Gasteiger partial charge in [-0.05, 0) is 67.6 Å². The molecule has 0 spiro atoms. The number of carbonyl (C=O) groups is 2. The fraction of sp³-hybridized carbons (Fsp3) is 0.955. The molecule has 0 rings (SSSR count). The van der Waals surface area contributed by atoms with Gasteiger partial charge in [-0.15, -0.1) is 0 Å². The zero-order chi connectivity index (χ0) is 35.3. The summed E-state index contributed by atoms with van der Waals surface area (Å²) in [6.45, 7) is 27.0. The summed E-state index contributed by atoms with van der Waals surface area (Å²) < 4.78 is 0. The monoisotopic (exact) mass is 649 g/mol. The van der Waals surface area contributed by atoms with Crippen molar-refractivity contribution in [1.29, 1.82) is 0 Å². The lowest BCUT2D eigenvalue weighted by molar-refractivity contribution is -0.118. The third-order valence-electron chi connectivity index (χ3n) is 10.4. The summed E-state index contributed by atoms with van der Waals surface area (Å²) >= 11 is 0. The molecular formula is C44H88O2. The van der Waals surface area contributed by atoms with Crippen molar-refractivity contribution in [1.82, 2.24) is 0 Å². The Morgan fingerprint density at radius 2 is 0.565 bits per heavy atom. The molecule has 276 valence electrons. The molecule has 6 atom stereocenters. The van der Waals surface area contributed by atoms with E-state index in [1.165, 1.54) is 122 Å². The van der Waals surface area contributed by atoms with Crippen molar-refractivity contribution in [2.75, 3.05) is 0 Å². The van der Waals surface area contributed by atoms with Gasteiger partial charge in [0.2, 0.25) is 0 Å². The van der Waals surface area contributed by atoms with E-state index in [0.717, 1.165) is 60.7 Å². The molecule has 0 aliphatic heterocycles. The molecule has 0 unspecified atom stereocenters. The summed E-state index contributed by atoms with van der Waals surface area (Å²) in [6.07, 6.45) is 28.7. The molecule has 0 saturated heterocycles. The van der Waals surface area contributed by atoms with Crippen LogP contribution in [-0.4, -0.2) is 11.6 Å². The van der Waals surface area contributed by atoms with Gasteiger partial charge in [-0.3, -0.25) is 0 Å². The first-order chi connectivity index (χ1) is 21.6. The van der Waals surface area contributed by atoms with E-state index in [4.69, 9.17) is 0 Å². The second kappa shape index (κ2) is 31.6. The summed E-state index contributed by atoms with van der Waals surface area (Å²) in [6, 6.07) is 0. The second-order valence-electron chi connectivity index (χ2n) is 17.5. The molecule has 2 nitrogen and oxygen atoms in total. The van der Waals surface area contributed by atoms with Crippen LogP contribution in [0.15, 0.2) is 0 Å². The van der Waals surface area contributed by atoms with Crippen LogP contribution in [-0.2, 0) is 9.59 Å². The molecule has 0 aliphatic carbocycles. The van der Waals surface area contributed by atoms with Crippen molar-refractivity contribution in [2.45, 2.75) is 224 Å². The number of rotatable bonds is 30. The summed E-state index contributed by atoms with van der Waals surface area (Å²) in [4.78, 5) is 22.0. The van der Waals surface area contributed by atoms with Gasteiger partial charge in [-0.1, -0.05) is 191 Å². The fourth-order valence-corrected chi connectivity index (χ4v) is 7.02. The van der Waals surface area contributed by atoms with Gasteiger partial charge in [0, 0.05) is 12.8 Å². The lowest BCUT2D eigenvalue weighted by atomic mass is 9.90. The van der Waals surface area contributed by atoms with Gasteiger partial charge in [-0.25, -0.2) is 0 Å². The Balaban J connectivity index is 0. The molecule has 0 radical (unpaired) electrons. The van der Waals surface area contributed by atoms with E-state index < -0.39 is 0 Å². The maximum absolute atomic E-state index is 11.1. The maximum atomic E-state index is 11.1. The van der Waals surface area contributed by atoms with Gasteiger partial charge in [0.1, 0.15) is 11.6 Å². The largest absolute Gasteiger partial charge is 0.300 e. The highest BCUT2D eigenvalue weighted by Gasteiger charge is 2.10. The maximum Gasteiger partial charge on any atom is 0.130 e. The normalized spacial score (nSPS) is 15.6. The Labute approximate surface area is 292 Å². The average molecular weight is 649 g/mol. The first-order valence-corrected chi connectivity index (χ1v) is 20.6. The van der Waals surface area contributed by atoms with Crippen molar-refractivity contribution in [3.8, 4) is 0 Å². The number of Topliss-reactive ketones (excluding diaryl/α,β-unsaturated/α-hetero) is 2. The topological polar surface area (TPSA) is 34.1 Å². The molecular weight excluding hydrogens is 560 g/mol. The van der Waals surface area contributed by atoms with Crippen LogP contribution in [0.4, 0.5) is 0 Å². The Morgan fingerprint density at radius 1 is 0.326 bits per heavy atom. The Bertz CT molecular complexity index is 679. The van der Waals surface area contributed by atoms with Crippen molar-refractivity contribution in [2.24, 2.45) is 47.3 Å². The van der Waals surface area contributed by atoms with Gasteiger partial charge in [-0.2, -0.15) is 0 Å². The first-order valence-electron chi connectivity index (χ1n) is 20.6. The quantitative estimate of drug-likeness (QED) is 0.0776. The molecule has 2 heteroatoms. The minimum atomic E-state index is 0.340. The van der Waals surface area contributed by atoms with Crippen LogP contribution in [0.1, 0.15) is 224 Å². The van der Waals surface area contributed by atoms with E-state index in [1.807, 2.05) is 0 Å². The molecule has 0 amide bonds. The molecule has 0 aromatic heterocycles. The molecule has 0 heterocycles. The number of hydrogen-bond acceptors (Lipinski definition) is 2. The number of carbonyl (C=O) groups excluding carboxylic acids is 2. The third kappa shape index (κ3) is 37.8. The highest BCUT2D eigenvalue weighted by atomic mass is 16.1. The van der Waals surface area contributed by atoms with E-state index in [2.05, 4.69) is 69.2 Å². The predicted octanol–water partition coefficient (Wildman–Crippen LogP) is 14.9. The summed E-state index contributed by atoms with van der Waals surface area (Å²) in [5, 5.41) is 0. The molecule has 0 bridgehead atoms. The summed E-state index contributed by atoms with van der Waals surface area (Å²) in [5.74, 6) is 7.33. The van der Waals surface area contributed by atoms with Crippen molar-refractivity contribution < 1.29 is 9.59 Å². The highest BCUT2D eigenvalue weighted by Crippen LogP contribution is 2.24. The smallest absolute Gasteiger partial charge is 0.130 e. The summed E-state index contributed by atoms with van der Waals surface area (Å²) in [7, 11) is 0. The molecule has 0 saturated carbocycles. The van der Waals surface area contributed by atoms with E-state index in [1.54, 1.807) is 13.8 Å². The lowest BCUT2D eigenvalue weighted by Gasteiger charge is -2.16. The fourth-order valence-electron chi connectivity index (χ4n) is 7.02. The van der Waals surface area contributed by atoms with Crippen LogP contribution in [0.2, 0.25) is 0 Å². The number of hydrogen-bond donors (Lipinski definition) is 0. The van der Waals surface area contributed by atoms with Crippen LogP contribution in [0.5, 0.6) is 0 Å². The van der Waals surface area contributed by atoms with Gasteiger partial charge < -0.3 is 9.59 Å². The molecule has 0 fully saturated rings. The SMILES string of the molecule is CC(=O)CCC[C@H](C)CCC[C@H](C)CCC[C@H](C)CCCC(C)C.CC(=O)C[C@H](C)CCC[C@H](C)CCC[C@H](C)CCCC(C)C. The predicted molar refractivity (Wildman–Crippen MR) is 208 cm³/mol.